The molecular weight excluding hydrogens is 144 g/mol. The third-order valence-corrected chi connectivity index (χ3v) is 1.39. The normalized spacial score (nSPS) is 16.2. The number of hydrogen-bond donors (Lipinski definition) is 1. The summed E-state index contributed by atoms with van der Waals surface area (Å²) in [6, 6.07) is 0. The molecule has 0 spiro atoms. The first kappa shape index (κ1) is 7.81. The largest absolute Gasteiger partial charge is 0.465 e. The van der Waals surface area contributed by atoms with E-state index < -0.39 is 0 Å². The molecular formula is C7H10N2O2. The predicted octanol–water partition coefficient (Wildman–Crippen LogP) is -0.211. The first-order valence-corrected chi connectivity index (χ1v) is 3.22. The Morgan fingerprint density at radius 3 is 3.00 bits per heavy atom. The Morgan fingerprint density at radius 1 is 1.82 bits per heavy atom. The minimum Gasteiger partial charge on any atom is -0.465 e. The van der Waals surface area contributed by atoms with Gasteiger partial charge < -0.3 is 9.75 Å². The highest BCUT2D eigenvalue weighted by Gasteiger charge is 2.08. The van der Waals surface area contributed by atoms with Crippen molar-refractivity contribution in [3.05, 3.63) is 23.9 Å². The highest BCUT2D eigenvalue weighted by atomic mass is 16.5. The topological polar surface area (TPSA) is 55.6 Å². The lowest BCUT2D eigenvalue weighted by atomic mass is 10.2. The second-order valence-corrected chi connectivity index (χ2v) is 2.16. The van der Waals surface area contributed by atoms with Crippen LogP contribution < -0.4 is 5.84 Å². The zero-order valence-electron chi connectivity index (χ0n) is 6.28. The average molecular weight is 154 g/mol. The molecule has 0 aromatic carbocycles. The van der Waals surface area contributed by atoms with E-state index >= 15 is 0 Å². The third kappa shape index (κ3) is 1.81. The first-order valence-electron chi connectivity index (χ1n) is 3.22. The van der Waals surface area contributed by atoms with Crippen molar-refractivity contribution in [1.29, 1.82) is 0 Å². The van der Waals surface area contributed by atoms with Crippen LogP contribution in [-0.4, -0.2) is 24.6 Å². The van der Waals surface area contributed by atoms with Gasteiger partial charge in [-0.05, 0) is 12.2 Å². The van der Waals surface area contributed by atoms with Gasteiger partial charge in [0, 0.05) is 6.20 Å². The van der Waals surface area contributed by atoms with E-state index in [1.807, 2.05) is 0 Å². The van der Waals surface area contributed by atoms with Gasteiger partial charge in [0.05, 0.1) is 19.2 Å². The van der Waals surface area contributed by atoms with Crippen LogP contribution in [0.1, 0.15) is 0 Å². The number of carbonyl (C=O) groups is 1. The van der Waals surface area contributed by atoms with Gasteiger partial charge in [-0.25, -0.2) is 10.6 Å². The van der Waals surface area contributed by atoms with Crippen molar-refractivity contribution in [2.24, 2.45) is 5.84 Å². The van der Waals surface area contributed by atoms with E-state index in [-0.39, 0.29) is 5.97 Å². The van der Waals surface area contributed by atoms with Crippen LogP contribution in [0.2, 0.25) is 0 Å². The smallest absolute Gasteiger partial charge is 0.337 e. The highest BCUT2D eigenvalue weighted by Crippen LogP contribution is 2.04. The number of methoxy groups -OCH3 is 1. The third-order valence-electron chi connectivity index (χ3n) is 1.39. The predicted molar refractivity (Wildman–Crippen MR) is 40.1 cm³/mol. The van der Waals surface area contributed by atoms with E-state index in [0.717, 1.165) is 0 Å². The summed E-state index contributed by atoms with van der Waals surface area (Å²) < 4.78 is 4.51. The maximum Gasteiger partial charge on any atom is 0.337 e. The molecule has 1 aliphatic rings. The molecule has 1 aliphatic heterocycles. The van der Waals surface area contributed by atoms with Crippen LogP contribution in [0.15, 0.2) is 23.9 Å². The van der Waals surface area contributed by atoms with Gasteiger partial charge in [-0.2, -0.15) is 0 Å². The van der Waals surface area contributed by atoms with E-state index in [1.165, 1.54) is 12.1 Å². The van der Waals surface area contributed by atoms with Gasteiger partial charge in [-0.3, -0.25) is 0 Å². The Bertz CT molecular complexity index is 220. The Kier molecular flexibility index (Phi) is 2.28. The lowest BCUT2D eigenvalue weighted by molar-refractivity contribution is -0.135. The minimum absolute atomic E-state index is 0.325. The zero-order valence-corrected chi connectivity index (χ0v) is 6.28. The fraction of sp³-hybridized carbons (Fsp3) is 0.286. The standard InChI is InChI=1S/C7H10N2O2/c1-11-7(10)6-2-4-9(8)5-3-6/h2-4H,5,8H2,1H3. The number of rotatable bonds is 1. The Morgan fingerprint density at radius 2 is 2.55 bits per heavy atom. The number of hydrogen-bond acceptors (Lipinski definition) is 4. The average Bonchev–Trinajstić information content (AvgIpc) is 2.05. The van der Waals surface area contributed by atoms with Gasteiger partial charge in [0.25, 0.3) is 0 Å². The lowest BCUT2D eigenvalue weighted by Crippen LogP contribution is -2.27. The summed E-state index contributed by atoms with van der Waals surface area (Å²) in [5.41, 5.74) is 0.550. The van der Waals surface area contributed by atoms with Crippen LogP contribution in [-0.2, 0) is 9.53 Å². The Balaban J connectivity index is 2.63. The van der Waals surface area contributed by atoms with Crippen molar-refractivity contribution in [3.8, 4) is 0 Å². The molecule has 0 amide bonds. The molecule has 2 N–H and O–H groups in total. The van der Waals surface area contributed by atoms with Crippen molar-refractivity contribution >= 4 is 5.97 Å². The summed E-state index contributed by atoms with van der Waals surface area (Å²) in [6.07, 6.45) is 4.97. The van der Waals surface area contributed by atoms with Crippen molar-refractivity contribution in [1.82, 2.24) is 5.01 Å². The van der Waals surface area contributed by atoms with Crippen molar-refractivity contribution in [2.75, 3.05) is 13.7 Å². The Labute approximate surface area is 64.9 Å². The SMILES string of the molecule is COC(=O)C1=CCN(N)C=C1. The molecule has 11 heavy (non-hydrogen) atoms. The van der Waals surface area contributed by atoms with Crippen LogP contribution in [0.25, 0.3) is 0 Å². The molecule has 0 fully saturated rings. The molecule has 1 heterocycles. The van der Waals surface area contributed by atoms with E-state index in [1.54, 1.807) is 18.4 Å². The summed E-state index contributed by atoms with van der Waals surface area (Å²) in [5.74, 6) is 5.06. The van der Waals surface area contributed by atoms with Crippen molar-refractivity contribution in [3.63, 3.8) is 0 Å². The molecule has 4 nitrogen and oxygen atoms in total. The molecule has 0 unspecified atom stereocenters. The van der Waals surface area contributed by atoms with Gasteiger partial charge in [0.1, 0.15) is 0 Å². The highest BCUT2D eigenvalue weighted by molar-refractivity contribution is 5.91. The maximum absolute atomic E-state index is 10.9. The molecule has 0 aromatic heterocycles. The molecule has 1 rings (SSSR count). The monoisotopic (exact) mass is 154 g/mol. The molecule has 0 bridgehead atoms. The van der Waals surface area contributed by atoms with Crippen LogP contribution in [0, 0.1) is 0 Å². The second-order valence-electron chi connectivity index (χ2n) is 2.16. The van der Waals surface area contributed by atoms with Gasteiger partial charge in [-0.1, -0.05) is 0 Å². The number of ether oxygens (including phenoxy) is 1. The summed E-state index contributed by atoms with van der Waals surface area (Å²) in [7, 11) is 1.35. The van der Waals surface area contributed by atoms with Crippen molar-refractivity contribution in [2.45, 2.75) is 0 Å². The number of nitrogens with zero attached hydrogens (tertiary/aromatic N) is 1. The van der Waals surface area contributed by atoms with Crippen LogP contribution in [0.4, 0.5) is 0 Å². The van der Waals surface area contributed by atoms with Gasteiger partial charge >= 0.3 is 5.97 Å². The van der Waals surface area contributed by atoms with Gasteiger partial charge in [0.2, 0.25) is 0 Å². The van der Waals surface area contributed by atoms with Gasteiger partial charge in [0.15, 0.2) is 0 Å². The van der Waals surface area contributed by atoms with Crippen molar-refractivity contribution < 1.29 is 9.53 Å². The molecule has 0 saturated heterocycles. The zero-order chi connectivity index (χ0) is 8.27. The number of esters is 1. The minimum atomic E-state index is -0.325. The van der Waals surface area contributed by atoms with Gasteiger partial charge in [-0.15, -0.1) is 0 Å². The van der Waals surface area contributed by atoms with Crippen LogP contribution in [0.3, 0.4) is 0 Å². The van der Waals surface area contributed by atoms with E-state index in [9.17, 15) is 4.79 Å². The van der Waals surface area contributed by atoms with E-state index in [0.29, 0.717) is 12.1 Å². The van der Waals surface area contributed by atoms with E-state index in [4.69, 9.17) is 5.84 Å². The molecule has 0 saturated carbocycles. The van der Waals surface area contributed by atoms with Crippen LogP contribution >= 0.6 is 0 Å². The fourth-order valence-electron chi connectivity index (χ4n) is 0.778. The molecule has 0 atom stereocenters. The first-order chi connectivity index (χ1) is 5.24. The number of carbonyl (C=O) groups excluding carboxylic acids is 1. The Hall–Kier alpha value is -1.29. The number of hydrazine groups is 1. The van der Waals surface area contributed by atoms with Crippen LogP contribution in [0.5, 0.6) is 0 Å². The quantitative estimate of drug-likeness (QED) is 0.419. The summed E-state index contributed by atoms with van der Waals surface area (Å²) in [5, 5.41) is 1.48. The fourth-order valence-corrected chi connectivity index (χ4v) is 0.778. The molecule has 4 heteroatoms. The number of nitrogens with two attached hydrogens (primary N) is 1. The summed E-state index contributed by atoms with van der Waals surface area (Å²) in [6.45, 7) is 0.543. The van der Waals surface area contributed by atoms with E-state index in [2.05, 4.69) is 4.74 Å². The molecule has 0 aromatic rings. The molecule has 0 aliphatic carbocycles. The lowest BCUT2D eigenvalue weighted by Gasteiger charge is -2.15. The molecule has 60 valence electrons. The summed E-state index contributed by atoms with van der Waals surface area (Å²) >= 11 is 0. The second kappa shape index (κ2) is 3.21. The molecule has 0 radical (unpaired) electrons. The summed E-state index contributed by atoms with van der Waals surface area (Å²) in [4.78, 5) is 10.9. The maximum atomic E-state index is 10.9.